The first kappa shape index (κ1) is 17.5. The van der Waals surface area contributed by atoms with E-state index in [0.717, 1.165) is 35.2 Å². The van der Waals surface area contributed by atoms with Gasteiger partial charge in [0.05, 0.1) is 11.4 Å². The van der Waals surface area contributed by atoms with Crippen molar-refractivity contribution < 1.29 is 4.79 Å². The Hall–Kier alpha value is -2.92. The second kappa shape index (κ2) is 7.76. The van der Waals surface area contributed by atoms with Crippen molar-refractivity contribution in [2.45, 2.75) is 12.8 Å². The lowest BCUT2D eigenvalue weighted by atomic mass is 10.1. The van der Waals surface area contributed by atoms with Gasteiger partial charge in [-0.3, -0.25) is 10.1 Å². The van der Waals surface area contributed by atoms with Gasteiger partial charge in [0.2, 0.25) is 0 Å². The molecule has 0 radical (unpaired) electrons. The fourth-order valence-electron chi connectivity index (χ4n) is 3.47. The van der Waals surface area contributed by atoms with Crippen molar-refractivity contribution in [1.29, 1.82) is 0 Å². The van der Waals surface area contributed by atoms with Crippen LogP contribution in [0.2, 0.25) is 0 Å². The van der Waals surface area contributed by atoms with Crippen LogP contribution in [0.3, 0.4) is 0 Å². The van der Waals surface area contributed by atoms with E-state index in [2.05, 4.69) is 21.6 Å². The number of nitrogens with one attached hydrogen (secondary N) is 2. The second-order valence-corrected chi connectivity index (χ2v) is 7.09. The van der Waals surface area contributed by atoms with Crippen molar-refractivity contribution >= 4 is 45.4 Å². The number of carbonyl (C=O) groups excluding carboxylic acids is 1. The van der Waals surface area contributed by atoms with E-state index in [4.69, 9.17) is 12.2 Å². The minimum atomic E-state index is -0.211. The number of carbonyl (C=O) groups is 1. The minimum absolute atomic E-state index is 0.211. The lowest BCUT2D eigenvalue weighted by molar-refractivity contribution is 0.0978. The van der Waals surface area contributed by atoms with E-state index in [1.165, 1.54) is 12.8 Å². The van der Waals surface area contributed by atoms with Crippen LogP contribution in [0.15, 0.2) is 66.7 Å². The van der Waals surface area contributed by atoms with Gasteiger partial charge in [-0.15, -0.1) is 0 Å². The lowest BCUT2D eigenvalue weighted by Gasteiger charge is -2.22. The van der Waals surface area contributed by atoms with Crippen LogP contribution in [0, 0.1) is 0 Å². The molecule has 0 aliphatic carbocycles. The Kier molecular flexibility index (Phi) is 5.03. The standard InChI is InChI=1S/C22H21N3OS/c26-21(18-12-11-16-7-1-2-8-17(16)15-18)24-22(27)23-19-9-3-4-10-20(19)25-13-5-6-14-25/h1-4,7-12,15H,5-6,13-14H2,(H2,23,24,26,27). The number of rotatable bonds is 3. The average Bonchev–Trinajstić information content (AvgIpc) is 3.22. The van der Waals surface area contributed by atoms with Gasteiger partial charge in [0.15, 0.2) is 5.11 Å². The van der Waals surface area contributed by atoms with Crippen molar-refractivity contribution in [1.82, 2.24) is 5.32 Å². The van der Waals surface area contributed by atoms with E-state index in [0.29, 0.717) is 10.7 Å². The van der Waals surface area contributed by atoms with Gasteiger partial charge in [0.25, 0.3) is 5.91 Å². The number of para-hydroxylation sites is 2. The number of hydrogen-bond donors (Lipinski definition) is 2. The van der Waals surface area contributed by atoms with Crippen LogP contribution in [0.5, 0.6) is 0 Å². The summed E-state index contributed by atoms with van der Waals surface area (Å²) in [5.74, 6) is -0.211. The summed E-state index contributed by atoms with van der Waals surface area (Å²) in [6, 6.07) is 21.7. The van der Waals surface area contributed by atoms with E-state index < -0.39 is 0 Å². The first-order valence-electron chi connectivity index (χ1n) is 9.16. The summed E-state index contributed by atoms with van der Waals surface area (Å²) in [7, 11) is 0. The fourth-order valence-corrected chi connectivity index (χ4v) is 3.68. The molecule has 1 aliphatic heterocycles. The van der Waals surface area contributed by atoms with E-state index >= 15 is 0 Å². The quantitative estimate of drug-likeness (QED) is 0.659. The van der Waals surface area contributed by atoms with Gasteiger partial charge in [0.1, 0.15) is 0 Å². The molecule has 5 heteroatoms. The maximum absolute atomic E-state index is 12.6. The zero-order valence-electron chi connectivity index (χ0n) is 14.9. The summed E-state index contributed by atoms with van der Waals surface area (Å²) in [5, 5.41) is 8.42. The van der Waals surface area contributed by atoms with Gasteiger partial charge in [-0.2, -0.15) is 0 Å². The molecule has 0 spiro atoms. The molecule has 4 nitrogen and oxygen atoms in total. The summed E-state index contributed by atoms with van der Waals surface area (Å²) in [6.45, 7) is 2.10. The topological polar surface area (TPSA) is 44.4 Å². The van der Waals surface area contributed by atoms with Crippen molar-refractivity contribution in [3.8, 4) is 0 Å². The average molecular weight is 375 g/mol. The molecule has 1 saturated heterocycles. The Morgan fingerprint density at radius 1 is 0.889 bits per heavy atom. The van der Waals surface area contributed by atoms with Crippen LogP contribution >= 0.6 is 12.2 Å². The van der Waals surface area contributed by atoms with Gasteiger partial charge in [-0.05, 0) is 60.1 Å². The van der Waals surface area contributed by atoms with Crippen molar-refractivity contribution in [2.24, 2.45) is 0 Å². The first-order valence-corrected chi connectivity index (χ1v) is 9.57. The van der Waals surface area contributed by atoms with Crippen LogP contribution < -0.4 is 15.5 Å². The highest BCUT2D eigenvalue weighted by atomic mass is 32.1. The zero-order valence-corrected chi connectivity index (χ0v) is 15.8. The summed E-state index contributed by atoms with van der Waals surface area (Å²) in [6.07, 6.45) is 2.41. The molecule has 2 N–H and O–H groups in total. The fraction of sp³-hybridized carbons (Fsp3) is 0.182. The van der Waals surface area contributed by atoms with Gasteiger partial charge in [-0.25, -0.2) is 0 Å². The number of nitrogens with zero attached hydrogens (tertiary/aromatic N) is 1. The Morgan fingerprint density at radius 2 is 1.59 bits per heavy atom. The van der Waals surface area contributed by atoms with Crippen LogP contribution in [-0.4, -0.2) is 24.1 Å². The van der Waals surface area contributed by atoms with Crippen LogP contribution in [0.4, 0.5) is 11.4 Å². The Labute approximate surface area is 164 Å². The molecule has 1 amide bonds. The summed E-state index contributed by atoms with van der Waals surface area (Å²) in [4.78, 5) is 14.9. The monoisotopic (exact) mass is 375 g/mol. The third-order valence-electron chi connectivity index (χ3n) is 4.84. The SMILES string of the molecule is O=C(NC(=S)Nc1ccccc1N1CCCC1)c1ccc2ccccc2c1. The third kappa shape index (κ3) is 3.93. The number of thiocarbonyl (C=S) groups is 1. The summed E-state index contributed by atoms with van der Waals surface area (Å²) >= 11 is 5.38. The normalized spacial score (nSPS) is 13.6. The zero-order chi connectivity index (χ0) is 18.6. The molecule has 1 heterocycles. The molecule has 136 valence electrons. The number of benzene rings is 3. The predicted molar refractivity (Wildman–Crippen MR) is 116 cm³/mol. The van der Waals surface area contributed by atoms with Crippen molar-refractivity contribution in [3.05, 3.63) is 72.3 Å². The Bertz CT molecular complexity index is 996. The minimum Gasteiger partial charge on any atom is -0.370 e. The first-order chi connectivity index (χ1) is 13.2. The molecule has 1 fully saturated rings. The van der Waals surface area contributed by atoms with E-state index in [1.807, 2.05) is 60.7 Å². The molecule has 4 rings (SSSR count). The second-order valence-electron chi connectivity index (χ2n) is 6.68. The van der Waals surface area contributed by atoms with Gasteiger partial charge in [-0.1, -0.05) is 42.5 Å². The van der Waals surface area contributed by atoms with Crippen LogP contribution in [0.1, 0.15) is 23.2 Å². The van der Waals surface area contributed by atoms with Crippen LogP contribution in [0.25, 0.3) is 10.8 Å². The van der Waals surface area contributed by atoms with Gasteiger partial charge < -0.3 is 10.2 Å². The molecular weight excluding hydrogens is 354 g/mol. The van der Waals surface area contributed by atoms with Gasteiger partial charge in [0, 0.05) is 18.7 Å². The van der Waals surface area contributed by atoms with E-state index in [9.17, 15) is 4.79 Å². The van der Waals surface area contributed by atoms with Crippen molar-refractivity contribution in [3.63, 3.8) is 0 Å². The third-order valence-corrected chi connectivity index (χ3v) is 5.04. The highest BCUT2D eigenvalue weighted by Gasteiger charge is 2.16. The highest BCUT2D eigenvalue weighted by molar-refractivity contribution is 7.80. The smallest absolute Gasteiger partial charge is 0.257 e. The predicted octanol–water partition coefficient (Wildman–Crippen LogP) is 4.57. The maximum atomic E-state index is 12.6. The highest BCUT2D eigenvalue weighted by Crippen LogP contribution is 2.28. The molecule has 1 aliphatic rings. The molecule has 0 unspecified atom stereocenters. The lowest BCUT2D eigenvalue weighted by Crippen LogP contribution is -2.34. The summed E-state index contributed by atoms with van der Waals surface area (Å²) in [5.41, 5.74) is 2.63. The molecule has 27 heavy (non-hydrogen) atoms. The number of fused-ring (bicyclic) bond motifs is 1. The molecular formula is C22H21N3OS. The van der Waals surface area contributed by atoms with Gasteiger partial charge >= 0.3 is 0 Å². The van der Waals surface area contributed by atoms with E-state index in [-0.39, 0.29) is 5.91 Å². The molecule has 0 atom stereocenters. The van der Waals surface area contributed by atoms with E-state index in [1.54, 1.807) is 0 Å². The number of amides is 1. The molecule has 0 aromatic heterocycles. The number of hydrogen-bond acceptors (Lipinski definition) is 3. The summed E-state index contributed by atoms with van der Waals surface area (Å²) < 4.78 is 0. The Balaban J connectivity index is 1.47. The van der Waals surface area contributed by atoms with Crippen molar-refractivity contribution in [2.75, 3.05) is 23.3 Å². The maximum Gasteiger partial charge on any atom is 0.257 e. The molecule has 3 aromatic carbocycles. The molecule has 3 aromatic rings. The van der Waals surface area contributed by atoms with Crippen LogP contribution in [-0.2, 0) is 0 Å². The number of anilines is 2. The Morgan fingerprint density at radius 3 is 2.41 bits per heavy atom. The molecule has 0 saturated carbocycles. The molecule has 0 bridgehead atoms. The largest absolute Gasteiger partial charge is 0.370 e.